The maximum Gasteiger partial charge on any atom is 0.362 e. The first-order valence-electron chi connectivity index (χ1n) is 5.39. The molecule has 90 valence electrons. The second-order valence-electron chi connectivity index (χ2n) is 3.61. The summed E-state index contributed by atoms with van der Waals surface area (Å²) in [6, 6.07) is 7.09. The molecule has 1 unspecified atom stereocenters. The molecule has 0 radical (unpaired) electrons. The SMILES string of the molecule is CCOC(=O)C(F)n1c(C)nc2ccccc21. The highest BCUT2D eigenvalue weighted by Gasteiger charge is 2.24. The average molecular weight is 236 g/mol. The molecule has 0 fully saturated rings. The third-order valence-corrected chi connectivity index (χ3v) is 2.48. The first-order chi connectivity index (χ1) is 8.15. The Morgan fingerprint density at radius 2 is 2.24 bits per heavy atom. The lowest BCUT2D eigenvalue weighted by Crippen LogP contribution is -2.19. The van der Waals surface area contributed by atoms with Crippen molar-refractivity contribution >= 4 is 17.0 Å². The number of hydrogen-bond acceptors (Lipinski definition) is 3. The molecule has 0 saturated carbocycles. The minimum Gasteiger partial charge on any atom is -0.462 e. The highest BCUT2D eigenvalue weighted by molar-refractivity contribution is 5.80. The van der Waals surface area contributed by atoms with E-state index in [1.807, 2.05) is 6.07 Å². The largest absolute Gasteiger partial charge is 0.462 e. The summed E-state index contributed by atoms with van der Waals surface area (Å²) in [7, 11) is 0. The minimum atomic E-state index is -1.85. The van der Waals surface area contributed by atoms with E-state index in [9.17, 15) is 9.18 Å². The number of aromatic nitrogens is 2. The molecule has 0 amide bonds. The molecule has 0 spiro atoms. The van der Waals surface area contributed by atoms with Crippen LogP contribution in [-0.2, 0) is 9.53 Å². The zero-order valence-corrected chi connectivity index (χ0v) is 9.68. The Labute approximate surface area is 98.0 Å². The smallest absolute Gasteiger partial charge is 0.362 e. The van der Waals surface area contributed by atoms with Crippen LogP contribution in [0.2, 0.25) is 0 Å². The van der Waals surface area contributed by atoms with E-state index >= 15 is 0 Å². The summed E-state index contributed by atoms with van der Waals surface area (Å²) in [5.74, 6) is -0.439. The van der Waals surface area contributed by atoms with Gasteiger partial charge in [0.15, 0.2) is 0 Å². The normalized spacial score (nSPS) is 12.6. The molecule has 0 aliphatic carbocycles. The molecule has 1 aromatic heterocycles. The van der Waals surface area contributed by atoms with Gasteiger partial charge in [-0.15, -0.1) is 0 Å². The molecule has 2 aromatic rings. The second-order valence-corrected chi connectivity index (χ2v) is 3.61. The fourth-order valence-corrected chi connectivity index (χ4v) is 1.77. The second kappa shape index (κ2) is 4.53. The van der Waals surface area contributed by atoms with E-state index in [1.54, 1.807) is 32.0 Å². The molecule has 17 heavy (non-hydrogen) atoms. The molecule has 5 heteroatoms. The van der Waals surface area contributed by atoms with Gasteiger partial charge in [0.1, 0.15) is 5.82 Å². The zero-order valence-electron chi connectivity index (χ0n) is 9.68. The Kier molecular flexibility index (Phi) is 3.08. The van der Waals surface area contributed by atoms with Crippen molar-refractivity contribution in [2.45, 2.75) is 20.1 Å². The number of carbonyl (C=O) groups excluding carboxylic acids is 1. The van der Waals surface area contributed by atoms with E-state index in [0.29, 0.717) is 16.9 Å². The van der Waals surface area contributed by atoms with Crippen molar-refractivity contribution in [1.29, 1.82) is 0 Å². The summed E-state index contributed by atoms with van der Waals surface area (Å²) >= 11 is 0. The predicted octanol–water partition coefficient (Wildman–Crippen LogP) is 2.38. The molecule has 2 rings (SSSR count). The van der Waals surface area contributed by atoms with E-state index in [1.165, 1.54) is 4.57 Å². The van der Waals surface area contributed by atoms with E-state index in [2.05, 4.69) is 9.72 Å². The summed E-state index contributed by atoms with van der Waals surface area (Å²) in [6.07, 6.45) is -1.85. The number of fused-ring (bicyclic) bond motifs is 1. The van der Waals surface area contributed by atoms with E-state index < -0.39 is 12.3 Å². The molecule has 1 atom stereocenters. The standard InChI is InChI=1S/C12H13FN2O2/c1-3-17-12(16)11(13)15-8(2)14-9-6-4-5-7-10(9)15/h4-7,11H,3H2,1-2H3. The van der Waals surface area contributed by atoms with Crippen LogP contribution >= 0.6 is 0 Å². The van der Waals surface area contributed by atoms with Crippen molar-refractivity contribution in [2.75, 3.05) is 6.61 Å². The van der Waals surface area contributed by atoms with Crippen LogP contribution in [-0.4, -0.2) is 22.1 Å². The van der Waals surface area contributed by atoms with E-state index in [-0.39, 0.29) is 6.61 Å². The summed E-state index contributed by atoms with van der Waals surface area (Å²) in [5.41, 5.74) is 1.25. The Balaban J connectivity index is 2.47. The number of esters is 1. The first kappa shape index (κ1) is 11.6. The topological polar surface area (TPSA) is 44.1 Å². The van der Waals surface area contributed by atoms with Crippen molar-refractivity contribution < 1.29 is 13.9 Å². The molecule has 0 aliphatic rings. The number of benzene rings is 1. The fourth-order valence-electron chi connectivity index (χ4n) is 1.77. The van der Waals surface area contributed by atoms with Gasteiger partial charge in [0.25, 0.3) is 6.30 Å². The number of halogens is 1. The summed E-state index contributed by atoms with van der Waals surface area (Å²) in [6.45, 7) is 3.46. The number of hydrogen-bond donors (Lipinski definition) is 0. The molecule has 1 aromatic carbocycles. The zero-order chi connectivity index (χ0) is 12.4. The lowest BCUT2D eigenvalue weighted by atomic mass is 10.3. The number of ether oxygens (including phenoxy) is 1. The van der Waals surface area contributed by atoms with Crippen LogP contribution in [0.3, 0.4) is 0 Å². The quantitative estimate of drug-likeness (QED) is 0.768. The van der Waals surface area contributed by atoms with Crippen molar-refractivity contribution in [3.8, 4) is 0 Å². The number of carbonyl (C=O) groups is 1. The maximum absolute atomic E-state index is 14.0. The van der Waals surface area contributed by atoms with Crippen LogP contribution < -0.4 is 0 Å². The fraction of sp³-hybridized carbons (Fsp3) is 0.333. The average Bonchev–Trinajstić information content (AvgIpc) is 2.64. The Morgan fingerprint density at radius 1 is 1.53 bits per heavy atom. The molecule has 4 nitrogen and oxygen atoms in total. The van der Waals surface area contributed by atoms with Gasteiger partial charge in [-0.3, -0.25) is 4.57 Å². The Bertz CT molecular complexity index is 550. The van der Waals surface area contributed by atoms with Crippen LogP contribution in [0.5, 0.6) is 0 Å². The summed E-state index contributed by atoms with van der Waals surface area (Å²) in [5, 5.41) is 0. The van der Waals surface area contributed by atoms with Gasteiger partial charge in [-0.1, -0.05) is 12.1 Å². The van der Waals surface area contributed by atoms with Crippen molar-refractivity contribution in [3.63, 3.8) is 0 Å². The van der Waals surface area contributed by atoms with Gasteiger partial charge < -0.3 is 4.74 Å². The van der Waals surface area contributed by atoms with Crippen LogP contribution in [0.4, 0.5) is 4.39 Å². The third-order valence-electron chi connectivity index (χ3n) is 2.48. The number of aryl methyl sites for hydroxylation is 1. The van der Waals surface area contributed by atoms with Crippen molar-refractivity contribution in [3.05, 3.63) is 30.1 Å². The number of para-hydroxylation sites is 2. The van der Waals surface area contributed by atoms with Crippen molar-refractivity contribution in [1.82, 2.24) is 9.55 Å². The van der Waals surface area contributed by atoms with Gasteiger partial charge in [0, 0.05) is 0 Å². The van der Waals surface area contributed by atoms with Crippen LogP contribution in [0.25, 0.3) is 11.0 Å². The van der Waals surface area contributed by atoms with Crippen molar-refractivity contribution in [2.24, 2.45) is 0 Å². The van der Waals surface area contributed by atoms with Gasteiger partial charge in [-0.2, -0.15) is 0 Å². The molecule has 0 saturated heterocycles. The van der Waals surface area contributed by atoms with Gasteiger partial charge in [-0.05, 0) is 26.0 Å². The third kappa shape index (κ3) is 2.00. The molecule has 0 N–H and O–H groups in total. The number of nitrogens with zero attached hydrogens (tertiary/aromatic N) is 2. The van der Waals surface area contributed by atoms with Crippen LogP contribution in [0, 0.1) is 6.92 Å². The molecular weight excluding hydrogens is 223 g/mol. The maximum atomic E-state index is 14.0. The van der Waals surface area contributed by atoms with Crippen LogP contribution in [0.1, 0.15) is 19.0 Å². The minimum absolute atomic E-state index is 0.158. The van der Waals surface area contributed by atoms with Gasteiger partial charge in [0.05, 0.1) is 17.6 Å². The number of imidazole rings is 1. The Hall–Kier alpha value is -1.91. The lowest BCUT2D eigenvalue weighted by molar-refractivity contribution is -0.152. The first-order valence-corrected chi connectivity index (χ1v) is 5.39. The molecular formula is C12H13FN2O2. The van der Waals surface area contributed by atoms with Gasteiger partial charge >= 0.3 is 5.97 Å². The predicted molar refractivity (Wildman–Crippen MR) is 61.2 cm³/mol. The lowest BCUT2D eigenvalue weighted by Gasteiger charge is -2.11. The highest BCUT2D eigenvalue weighted by atomic mass is 19.1. The van der Waals surface area contributed by atoms with E-state index in [0.717, 1.165) is 0 Å². The highest BCUT2D eigenvalue weighted by Crippen LogP contribution is 2.22. The molecule has 0 aliphatic heterocycles. The monoisotopic (exact) mass is 236 g/mol. The molecule has 1 heterocycles. The van der Waals surface area contributed by atoms with Gasteiger partial charge in [0.2, 0.25) is 0 Å². The number of rotatable bonds is 3. The number of alkyl halides is 1. The van der Waals surface area contributed by atoms with Crippen LogP contribution in [0.15, 0.2) is 24.3 Å². The van der Waals surface area contributed by atoms with E-state index in [4.69, 9.17) is 0 Å². The summed E-state index contributed by atoms with van der Waals surface area (Å²) in [4.78, 5) is 15.6. The van der Waals surface area contributed by atoms with Gasteiger partial charge in [-0.25, -0.2) is 14.2 Å². The Morgan fingerprint density at radius 3 is 2.94 bits per heavy atom. The summed E-state index contributed by atoms with van der Waals surface area (Å²) < 4.78 is 19.9. The molecule has 0 bridgehead atoms.